The molecule has 0 unspecified atom stereocenters. The average Bonchev–Trinajstić information content (AvgIpc) is 2.09. The Labute approximate surface area is 86.2 Å². The van der Waals surface area contributed by atoms with E-state index in [0.29, 0.717) is 12.8 Å². The van der Waals surface area contributed by atoms with Crippen LogP contribution < -0.4 is 0 Å². The third-order valence-electron chi connectivity index (χ3n) is 3.03. The highest BCUT2D eigenvalue weighted by atomic mass is 19.1. The van der Waals surface area contributed by atoms with Gasteiger partial charge >= 0.3 is 5.97 Å². The molecule has 0 spiro atoms. The molecule has 80 valence electrons. The first-order valence-corrected chi connectivity index (χ1v) is 4.79. The van der Waals surface area contributed by atoms with Gasteiger partial charge in [0.25, 0.3) is 0 Å². The summed E-state index contributed by atoms with van der Waals surface area (Å²) in [4.78, 5) is 18.6. The smallest absolute Gasteiger partial charge is 0.315 e. The molecule has 1 aromatic heterocycles. The molecular formula is C10H11FN2O2. The van der Waals surface area contributed by atoms with Gasteiger partial charge in [0.2, 0.25) is 0 Å². The summed E-state index contributed by atoms with van der Waals surface area (Å²) in [5.41, 5.74) is -0.876. The van der Waals surface area contributed by atoms with Crippen molar-refractivity contribution < 1.29 is 14.3 Å². The second kappa shape index (κ2) is 3.25. The predicted molar refractivity (Wildman–Crippen MR) is 49.9 cm³/mol. The van der Waals surface area contributed by atoms with Crippen molar-refractivity contribution in [3.63, 3.8) is 0 Å². The first-order chi connectivity index (χ1) is 7.08. The second-order valence-corrected chi connectivity index (χ2v) is 3.86. The average molecular weight is 210 g/mol. The van der Waals surface area contributed by atoms with Gasteiger partial charge in [0, 0.05) is 0 Å². The predicted octanol–water partition coefficient (Wildman–Crippen LogP) is 1.43. The number of halogens is 1. The van der Waals surface area contributed by atoms with Crippen molar-refractivity contribution in [3.8, 4) is 0 Å². The molecule has 1 heterocycles. The Kier molecular flexibility index (Phi) is 2.17. The molecule has 1 saturated carbocycles. The van der Waals surface area contributed by atoms with Gasteiger partial charge in [0.1, 0.15) is 11.7 Å². The summed E-state index contributed by atoms with van der Waals surface area (Å²) in [6, 6.07) is 0. The summed E-state index contributed by atoms with van der Waals surface area (Å²) in [5.74, 6) is -1.58. The van der Waals surface area contributed by atoms with E-state index < -0.39 is 17.2 Å². The molecule has 0 aliphatic heterocycles. The van der Waals surface area contributed by atoms with E-state index in [1.165, 1.54) is 13.3 Å². The van der Waals surface area contributed by atoms with Crippen LogP contribution in [0.25, 0.3) is 0 Å². The van der Waals surface area contributed by atoms with Crippen LogP contribution in [-0.2, 0) is 10.2 Å². The van der Waals surface area contributed by atoms with E-state index in [1.54, 1.807) is 0 Å². The number of carboxylic acids is 1. The first-order valence-electron chi connectivity index (χ1n) is 4.79. The first kappa shape index (κ1) is 10.0. The Balaban J connectivity index is 2.53. The number of carboxylic acid groups (broad SMARTS) is 1. The molecule has 1 N–H and O–H groups in total. The van der Waals surface area contributed by atoms with Crippen molar-refractivity contribution in [2.75, 3.05) is 0 Å². The standard InChI is InChI=1S/C10H11FN2O2/c1-6-7(11)8(13-5-12-6)10(9(14)15)3-2-4-10/h5H,2-4H2,1H3,(H,14,15). The minimum absolute atomic E-state index is 0.0359. The van der Waals surface area contributed by atoms with Gasteiger partial charge in [-0.15, -0.1) is 0 Å². The van der Waals surface area contributed by atoms with Crippen LogP contribution >= 0.6 is 0 Å². The van der Waals surface area contributed by atoms with Crippen LogP contribution in [0.1, 0.15) is 30.7 Å². The van der Waals surface area contributed by atoms with Crippen molar-refractivity contribution in [2.24, 2.45) is 0 Å². The Bertz CT molecular complexity index is 416. The molecule has 1 aliphatic carbocycles. The maximum Gasteiger partial charge on any atom is 0.315 e. The minimum atomic E-state index is -1.11. The normalized spacial score (nSPS) is 18.3. The molecule has 4 nitrogen and oxygen atoms in total. The quantitative estimate of drug-likeness (QED) is 0.802. The number of hydrogen-bond acceptors (Lipinski definition) is 3. The summed E-state index contributed by atoms with van der Waals surface area (Å²) < 4.78 is 13.7. The zero-order valence-corrected chi connectivity index (χ0v) is 8.33. The van der Waals surface area contributed by atoms with Gasteiger partial charge in [0.15, 0.2) is 5.82 Å². The van der Waals surface area contributed by atoms with Crippen molar-refractivity contribution >= 4 is 5.97 Å². The van der Waals surface area contributed by atoms with Gasteiger partial charge in [0.05, 0.1) is 11.4 Å². The van der Waals surface area contributed by atoms with Gasteiger partial charge in [-0.25, -0.2) is 14.4 Å². The van der Waals surface area contributed by atoms with Crippen LogP contribution in [0.5, 0.6) is 0 Å². The summed E-state index contributed by atoms with van der Waals surface area (Å²) in [6.45, 7) is 1.51. The van der Waals surface area contributed by atoms with E-state index in [2.05, 4.69) is 9.97 Å². The lowest BCUT2D eigenvalue weighted by molar-refractivity contribution is -0.147. The minimum Gasteiger partial charge on any atom is -0.481 e. The number of aryl methyl sites for hydroxylation is 1. The molecular weight excluding hydrogens is 199 g/mol. The highest BCUT2D eigenvalue weighted by Crippen LogP contribution is 2.44. The fourth-order valence-corrected chi connectivity index (χ4v) is 1.87. The van der Waals surface area contributed by atoms with E-state index in [4.69, 9.17) is 5.11 Å². The lowest BCUT2D eigenvalue weighted by Crippen LogP contribution is -2.44. The van der Waals surface area contributed by atoms with Gasteiger partial charge in [-0.05, 0) is 19.8 Å². The van der Waals surface area contributed by atoms with Crippen molar-refractivity contribution in [1.82, 2.24) is 9.97 Å². The van der Waals surface area contributed by atoms with E-state index >= 15 is 0 Å². The Morgan fingerprint density at radius 1 is 1.53 bits per heavy atom. The molecule has 1 aliphatic rings. The van der Waals surface area contributed by atoms with Crippen LogP contribution in [0.4, 0.5) is 4.39 Å². The maximum absolute atomic E-state index is 13.7. The molecule has 5 heteroatoms. The van der Waals surface area contributed by atoms with Crippen LogP contribution in [0, 0.1) is 12.7 Å². The lowest BCUT2D eigenvalue weighted by Gasteiger charge is -2.37. The highest BCUT2D eigenvalue weighted by molar-refractivity contribution is 5.82. The van der Waals surface area contributed by atoms with Gasteiger partial charge in [-0.3, -0.25) is 4.79 Å². The Morgan fingerprint density at radius 3 is 2.67 bits per heavy atom. The molecule has 2 rings (SSSR count). The van der Waals surface area contributed by atoms with Crippen LogP contribution in [0.3, 0.4) is 0 Å². The van der Waals surface area contributed by atoms with E-state index in [9.17, 15) is 9.18 Å². The van der Waals surface area contributed by atoms with Gasteiger partial charge in [-0.2, -0.15) is 0 Å². The fourth-order valence-electron chi connectivity index (χ4n) is 1.87. The topological polar surface area (TPSA) is 63.1 Å². The molecule has 0 atom stereocenters. The number of aliphatic carboxylic acids is 1. The molecule has 0 radical (unpaired) electrons. The van der Waals surface area contributed by atoms with Crippen LogP contribution in [0.2, 0.25) is 0 Å². The zero-order chi connectivity index (χ0) is 11.1. The molecule has 0 saturated heterocycles. The van der Waals surface area contributed by atoms with E-state index in [0.717, 1.165) is 6.42 Å². The van der Waals surface area contributed by atoms with Crippen LogP contribution in [-0.4, -0.2) is 21.0 Å². The molecule has 15 heavy (non-hydrogen) atoms. The summed E-state index contributed by atoms with van der Waals surface area (Å²) in [6.07, 6.45) is 2.93. The molecule has 0 bridgehead atoms. The van der Waals surface area contributed by atoms with Crippen molar-refractivity contribution in [3.05, 3.63) is 23.5 Å². The van der Waals surface area contributed by atoms with Gasteiger partial charge in [-0.1, -0.05) is 6.42 Å². The van der Waals surface area contributed by atoms with E-state index in [-0.39, 0.29) is 11.4 Å². The lowest BCUT2D eigenvalue weighted by atomic mass is 9.66. The number of carbonyl (C=O) groups is 1. The van der Waals surface area contributed by atoms with Crippen LogP contribution in [0.15, 0.2) is 6.33 Å². The SMILES string of the molecule is Cc1ncnc(C2(C(=O)O)CCC2)c1F. The Morgan fingerprint density at radius 2 is 2.20 bits per heavy atom. The zero-order valence-electron chi connectivity index (χ0n) is 8.33. The number of aromatic nitrogens is 2. The number of nitrogens with zero attached hydrogens (tertiary/aromatic N) is 2. The van der Waals surface area contributed by atoms with E-state index in [1.807, 2.05) is 0 Å². The second-order valence-electron chi connectivity index (χ2n) is 3.86. The van der Waals surface area contributed by atoms with Crippen molar-refractivity contribution in [2.45, 2.75) is 31.6 Å². The number of rotatable bonds is 2. The summed E-state index contributed by atoms with van der Waals surface area (Å²) in [5, 5.41) is 9.13. The van der Waals surface area contributed by atoms with Crippen molar-refractivity contribution in [1.29, 1.82) is 0 Å². The highest BCUT2D eigenvalue weighted by Gasteiger charge is 2.49. The third kappa shape index (κ3) is 1.30. The monoisotopic (exact) mass is 210 g/mol. The molecule has 1 aromatic rings. The fraction of sp³-hybridized carbons (Fsp3) is 0.500. The van der Waals surface area contributed by atoms with Gasteiger partial charge < -0.3 is 5.11 Å². The number of hydrogen-bond donors (Lipinski definition) is 1. The summed E-state index contributed by atoms with van der Waals surface area (Å²) in [7, 11) is 0. The molecule has 0 aromatic carbocycles. The molecule has 0 amide bonds. The maximum atomic E-state index is 13.7. The largest absolute Gasteiger partial charge is 0.481 e. The summed E-state index contributed by atoms with van der Waals surface area (Å²) >= 11 is 0. The third-order valence-corrected chi connectivity index (χ3v) is 3.03. The Hall–Kier alpha value is -1.52. The molecule has 1 fully saturated rings.